The minimum Gasteiger partial charge on any atom is -0.377 e. The van der Waals surface area contributed by atoms with Crippen molar-refractivity contribution in [3.8, 4) is 0 Å². The standard InChI is InChI=1S/C15H24N6O/c1-4-8-16-13-18-14(17-9-5-2)20-15(19-13)21-10-7-12(11-21)22-6-3/h4-5,12H,1-2,6-11H2,3H3,(H2,16,17,18,19,20). The molecule has 1 aromatic heterocycles. The Morgan fingerprint density at radius 3 is 2.36 bits per heavy atom. The molecule has 2 heterocycles. The maximum Gasteiger partial charge on any atom is 0.232 e. The number of ether oxygens (including phenoxy) is 1. The molecule has 7 nitrogen and oxygen atoms in total. The lowest BCUT2D eigenvalue weighted by atomic mass is 10.3. The van der Waals surface area contributed by atoms with Crippen LogP contribution in [0.3, 0.4) is 0 Å². The molecule has 0 saturated carbocycles. The highest BCUT2D eigenvalue weighted by atomic mass is 16.5. The zero-order valence-electron chi connectivity index (χ0n) is 13.1. The monoisotopic (exact) mass is 304 g/mol. The third kappa shape index (κ3) is 4.42. The summed E-state index contributed by atoms with van der Waals surface area (Å²) in [6.45, 7) is 13.0. The normalized spacial score (nSPS) is 17.3. The van der Waals surface area contributed by atoms with Gasteiger partial charge in [0.2, 0.25) is 17.8 Å². The molecule has 0 spiro atoms. The fourth-order valence-corrected chi connectivity index (χ4v) is 2.27. The van der Waals surface area contributed by atoms with Crippen LogP contribution in [0.5, 0.6) is 0 Å². The first-order valence-corrected chi connectivity index (χ1v) is 7.59. The van der Waals surface area contributed by atoms with Crippen molar-refractivity contribution in [2.24, 2.45) is 0 Å². The van der Waals surface area contributed by atoms with Crippen molar-refractivity contribution in [1.82, 2.24) is 15.0 Å². The molecule has 1 aliphatic rings. The van der Waals surface area contributed by atoms with Crippen LogP contribution in [0.4, 0.5) is 17.8 Å². The molecule has 120 valence electrons. The summed E-state index contributed by atoms with van der Waals surface area (Å²) in [5.41, 5.74) is 0. The number of hydrogen-bond donors (Lipinski definition) is 2. The van der Waals surface area contributed by atoms with Crippen LogP contribution in [0, 0.1) is 0 Å². The Morgan fingerprint density at radius 1 is 1.18 bits per heavy atom. The Hall–Kier alpha value is -2.15. The first kappa shape index (κ1) is 16.2. The molecule has 1 aliphatic heterocycles. The van der Waals surface area contributed by atoms with E-state index < -0.39 is 0 Å². The van der Waals surface area contributed by atoms with E-state index in [9.17, 15) is 0 Å². The smallest absolute Gasteiger partial charge is 0.232 e. The predicted molar refractivity (Wildman–Crippen MR) is 89.4 cm³/mol. The summed E-state index contributed by atoms with van der Waals surface area (Å²) in [7, 11) is 0. The van der Waals surface area contributed by atoms with Gasteiger partial charge in [-0.1, -0.05) is 12.2 Å². The van der Waals surface area contributed by atoms with Gasteiger partial charge in [0, 0.05) is 32.8 Å². The Morgan fingerprint density at radius 2 is 1.82 bits per heavy atom. The maximum absolute atomic E-state index is 5.67. The summed E-state index contributed by atoms with van der Waals surface area (Å²) in [6.07, 6.45) is 4.77. The van der Waals surface area contributed by atoms with Crippen LogP contribution in [0.25, 0.3) is 0 Å². The average Bonchev–Trinajstić information content (AvgIpc) is 3.00. The van der Waals surface area contributed by atoms with Gasteiger partial charge in [-0.05, 0) is 13.3 Å². The second-order valence-electron chi connectivity index (χ2n) is 4.93. The minimum atomic E-state index is 0.246. The Kier molecular flexibility index (Phi) is 6.14. The summed E-state index contributed by atoms with van der Waals surface area (Å²) in [4.78, 5) is 15.4. The molecule has 1 unspecified atom stereocenters. The topological polar surface area (TPSA) is 75.2 Å². The van der Waals surface area contributed by atoms with Crippen LogP contribution >= 0.6 is 0 Å². The van der Waals surface area contributed by atoms with E-state index in [1.165, 1.54) is 0 Å². The van der Waals surface area contributed by atoms with Crippen LogP contribution in [-0.4, -0.2) is 53.8 Å². The Bertz CT molecular complexity index is 477. The predicted octanol–water partition coefficient (Wildman–Crippen LogP) is 1.68. The van der Waals surface area contributed by atoms with Crippen molar-refractivity contribution in [2.75, 3.05) is 48.3 Å². The lowest BCUT2D eigenvalue weighted by Gasteiger charge is -2.18. The van der Waals surface area contributed by atoms with Gasteiger partial charge in [-0.15, -0.1) is 13.2 Å². The van der Waals surface area contributed by atoms with Crippen LogP contribution < -0.4 is 15.5 Å². The van der Waals surface area contributed by atoms with Gasteiger partial charge < -0.3 is 20.3 Å². The molecule has 22 heavy (non-hydrogen) atoms. The van der Waals surface area contributed by atoms with Crippen LogP contribution in [0.15, 0.2) is 25.3 Å². The van der Waals surface area contributed by atoms with Crippen LogP contribution in [0.1, 0.15) is 13.3 Å². The van der Waals surface area contributed by atoms with Crippen molar-refractivity contribution in [3.05, 3.63) is 25.3 Å². The zero-order chi connectivity index (χ0) is 15.8. The second-order valence-corrected chi connectivity index (χ2v) is 4.93. The molecular formula is C15H24N6O. The van der Waals surface area contributed by atoms with Crippen molar-refractivity contribution < 1.29 is 4.74 Å². The molecule has 0 radical (unpaired) electrons. The first-order valence-electron chi connectivity index (χ1n) is 7.59. The quantitative estimate of drug-likeness (QED) is 0.672. The van der Waals surface area contributed by atoms with Gasteiger partial charge in [0.05, 0.1) is 6.10 Å². The van der Waals surface area contributed by atoms with Crippen molar-refractivity contribution in [3.63, 3.8) is 0 Å². The molecule has 1 atom stereocenters. The number of hydrogen-bond acceptors (Lipinski definition) is 7. The molecule has 0 aliphatic carbocycles. The van der Waals surface area contributed by atoms with E-state index in [-0.39, 0.29) is 6.10 Å². The Balaban J connectivity index is 2.14. The van der Waals surface area contributed by atoms with Crippen molar-refractivity contribution in [1.29, 1.82) is 0 Å². The molecule has 2 N–H and O–H groups in total. The SMILES string of the molecule is C=CCNc1nc(NCC=C)nc(N2CCC(OCC)C2)n1. The van der Waals surface area contributed by atoms with Crippen molar-refractivity contribution in [2.45, 2.75) is 19.4 Å². The molecule has 1 fully saturated rings. The minimum absolute atomic E-state index is 0.246. The summed E-state index contributed by atoms with van der Waals surface area (Å²) < 4.78 is 5.67. The molecule has 2 rings (SSSR count). The van der Waals surface area contributed by atoms with Crippen LogP contribution in [0.2, 0.25) is 0 Å². The molecule has 0 amide bonds. The third-order valence-corrected chi connectivity index (χ3v) is 3.26. The molecule has 1 aromatic rings. The Labute approximate surface area is 131 Å². The zero-order valence-corrected chi connectivity index (χ0v) is 13.1. The lowest BCUT2D eigenvalue weighted by Crippen LogP contribution is -2.26. The molecule has 0 aromatic carbocycles. The molecular weight excluding hydrogens is 280 g/mol. The van der Waals surface area contributed by atoms with Gasteiger partial charge in [-0.25, -0.2) is 0 Å². The summed E-state index contributed by atoms with van der Waals surface area (Å²) in [6, 6.07) is 0. The number of aromatic nitrogens is 3. The summed E-state index contributed by atoms with van der Waals surface area (Å²) in [5, 5.41) is 6.21. The number of rotatable bonds is 9. The molecule has 1 saturated heterocycles. The fourth-order valence-electron chi connectivity index (χ4n) is 2.27. The number of anilines is 3. The van der Waals surface area contributed by atoms with E-state index in [0.717, 1.165) is 26.1 Å². The summed E-state index contributed by atoms with van der Waals surface area (Å²) in [5.74, 6) is 1.74. The molecule has 7 heteroatoms. The van der Waals surface area contributed by atoms with Gasteiger partial charge >= 0.3 is 0 Å². The van der Waals surface area contributed by atoms with E-state index in [1.54, 1.807) is 12.2 Å². The van der Waals surface area contributed by atoms with Gasteiger partial charge in [0.25, 0.3) is 0 Å². The lowest BCUT2D eigenvalue weighted by molar-refractivity contribution is 0.0787. The van der Waals surface area contributed by atoms with Gasteiger partial charge in [-0.3, -0.25) is 0 Å². The third-order valence-electron chi connectivity index (χ3n) is 3.26. The van der Waals surface area contributed by atoms with Gasteiger partial charge in [0.15, 0.2) is 0 Å². The molecule has 0 bridgehead atoms. The largest absolute Gasteiger partial charge is 0.377 e. The fraction of sp³-hybridized carbons (Fsp3) is 0.533. The number of nitrogens with one attached hydrogen (secondary N) is 2. The number of nitrogens with zero attached hydrogens (tertiary/aromatic N) is 4. The highest BCUT2D eigenvalue weighted by Crippen LogP contribution is 2.20. The second kappa shape index (κ2) is 8.33. The van der Waals surface area contributed by atoms with E-state index in [0.29, 0.717) is 30.9 Å². The highest BCUT2D eigenvalue weighted by Gasteiger charge is 2.25. The van der Waals surface area contributed by atoms with E-state index in [4.69, 9.17) is 4.74 Å². The average molecular weight is 304 g/mol. The van der Waals surface area contributed by atoms with E-state index >= 15 is 0 Å². The van der Waals surface area contributed by atoms with Crippen LogP contribution in [-0.2, 0) is 4.74 Å². The van der Waals surface area contributed by atoms with E-state index in [1.807, 2.05) is 6.92 Å². The highest BCUT2D eigenvalue weighted by molar-refractivity contribution is 5.45. The van der Waals surface area contributed by atoms with E-state index in [2.05, 4.69) is 43.6 Å². The first-order chi connectivity index (χ1) is 10.8. The maximum atomic E-state index is 5.67. The van der Waals surface area contributed by atoms with Crippen molar-refractivity contribution >= 4 is 17.8 Å². The summed E-state index contributed by atoms with van der Waals surface area (Å²) >= 11 is 0. The van der Waals surface area contributed by atoms with Gasteiger partial charge in [0.1, 0.15) is 0 Å². The van der Waals surface area contributed by atoms with Gasteiger partial charge in [-0.2, -0.15) is 15.0 Å².